The van der Waals surface area contributed by atoms with Gasteiger partial charge in [-0.05, 0) is 11.6 Å². The molecule has 0 saturated carbocycles. The number of nitrogens with two attached hydrogens (primary N) is 1. The molecule has 1 aliphatic heterocycles. The molecule has 0 amide bonds. The molecule has 5 heteroatoms. The number of ether oxygens (including phenoxy) is 1. The minimum atomic E-state index is -0.236. The summed E-state index contributed by atoms with van der Waals surface area (Å²) in [6, 6.07) is 1.93. The highest BCUT2D eigenvalue weighted by Gasteiger charge is 2.23. The van der Waals surface area contributed by atoms with Crippen LogP contribution in [0.2, 0.25) is 0 Å². The Balaban J connectivity index is 2.09. The smallest absolute Gasteiger partial charge is 0.348 e. The number of esters is 1. The molecule has 15 heavy (non-hydrogen) atoms. The summed E-state index contributed by atoms with van der Waals surface area (Å²) >= 11 is 1.53. The quantitative estimate of drug-likeness (QED) is 0.775. The summed E-state index contributed by atoms with van der Waals surface area (Å²) in [7, 11) is 1.41. The molecule has 1 aromatic heterocycles. The maximum absolute atomic E-state index is 11.3. The maximum Gasteiger partial charge on any atom is 0.348 e. The Bertz CT molecular complexity index is 352. The van der Waals surface area contributed by atoms with Gasteiger partial charge in [-0.2, -0.15) is 0 Å². The minimum Gasteiger partial charge on any atom is -0.465 e. The third-order valence-electron chi connectivity index (χ3n) is 2.49. The van der Waals surface area contributed by atoms with Crippen molar-refractivity contribution in [2.75, 3.05) is 20.2 Å². The molecule has 0 radical (unpaired) electrons. The van der Waals surface area contributed by atoms with Gasteiger partial charge in [0.05, 0.1) is 7.11 Å². The minimum absolute atomic E-state index is 0.236. The zero-order valence-corrected chi connectivity index (χ0v) is 9.47. The highest BCUT2D eigenvalue weighted by Crippen LogP contribution is 2.30. The monoisotopic (exact) mass is 226 g/mol. The van der Waals surface area contributed by atoms with Gasteiger partial charge in [-0.25, -0.2) is 4.79 Å². The third-order valence-corrected chi connectivity index (χ3v) is 3.63. The Labute approximate surface area is 92.6 Å². The molecule has 82 valence electrons. The first kappa shape index (κ1) is 10.6. The molecule has 0 fully saturated rings. The van der Waals surface area contributed by atoms with Gasteiger partial charge in [-0.15, -0.1) is 11.3 Å². The second-order valence-electron chi connectivity index (χ2n) is 3.55. The Hall–Kier alpha value is -0.910. The Morgan fingerprint density at radius 1 is 1.67 bits per heavy atom. The van der Waals surface area contributed by atoms with E-state index in [9.17, 15) is 4.79 Å². The Morgan fingerprint density at radius 2 is 2.47 bits per heavy atom. The number of methoxy groups -OCH3 is 1. The lowest BCUT2D eigenvalue weighted by molar-refractivity contribution is 0.0606. The van der Waals surface area contributed by atoms with E-state index in [1.54, 1.807) is 0 Å². The maximum atomic E-state index is 11.3. The molecular weight excluding hydrogens is 212 g/mol. The van der Waals surface area contributed by atoms with Crippen molar-refractivity contribution in [3.8, 4) is 0 Å². The molecule has 4 nitrogen and oxygen atoms in total. The topological polar surface area (TPSA) is 55.6 Å². The van der Waals surface area contributed by atoms with Crippen molar-refractivity contribution < 1.29 is 9.53 Å². The lowest BCUT2D eigenvalue weighted by atomic mass is 10.3. The Morgan fingerprint density at radius 3 is 3.07 bits per heavy atom. The molecule has 2 rings (SSSR count). The molecule has 0 spiro atoms. The highest BCUT2D eigenvalue weighted by molar-refractivity contribution is 7.14. The molecule has 0 aromatic carbocycles. The standard InChI is InChI=1S/C10H14N2O2S/c1-14-10(13)8-4-7-5-12(3-2-11)6-9(7)15-8/h4H,2-3,5-6,11H2,1H3. The van der Waals surface area contributed by atoms with Crippen LogP contribution in [0, 0.1) is 0 Å². The number of rotatable bonds is 3. The van der Waals surface area contributed by atoms with Crippen molar-refractivity contribution in [1.82, 2.24) is 4.90 Å². The first-order chi connectivity index (χ1) is 7.24. The van der Waals surface area contributed by atoms with E-state index in [1.165, 1.54) is 28.9 Å². The average Bonchev–Trinajstić information content (AvgIpc) is 2.74. The zero-order chi connectivity index (χ0) is 10.8. The number of thiophene rings is 1. The molecule has 2 N–H and O–H groups in total. The molecule has 0 atom stereocenters. The third kappa shape index (κ3) is 2.04. The molecule has 1 aliphatic rings. The summed E-state index contributed by atoms with van der Waals surface area (Å²) < 4.78 is 4.69. The average molecular weight is 226 g/mol. The van der Waals surface area contributed by atoms with Crippen LogP contribution in [0.1, 0.15) is 20.1 Å². The fourth-order valence-corrected chi connectivity index (χ4v) is 2.91. The molecule has 0 unspecified atom stereocenters. The molecule has 0 aliphatic carbocycles. The van der Waals surface area contributed by atoms with Gasteiger partial charge in [0, 0.05) is 31.1 Å². The fourth-order valence-electron chi connectivity index (χ4n) is 1.78. The van der Waals surface area contributed by atoms with E-state index < -0.39 is 0 Å². The number of hydrogen-bond donors (Lipinski definition) is 1. The fraction of sp³-hybridized carbons (Fsp3) is 0.500. The largest absolute Gasteiger partial charge is 0.465 e. The van der Waals surface area contributed by atoms with Gasteiger partial charge in [0.2, 0.25) is 0 Å². The lowest BCUT2D eigenvalue weighted by Gasteiger charge is -2.12. The normalized spacial score (nSPS) is 15.3. The van der Waals surface area contributed by atoms with Crippen molar-refractivity contribution >= 4 is 17.3 Å². The van der Waals surface area contributed by atoms with Gasteiger partial charge in [0.15, 0.2) is 0 Å². The van der Waals surface area contributed by atoms with Gasteiger partial charge < -0.3 is 10.5 Å². The Kier molecular flexibility index (Phi) is 3.04. The van der Waals surface area contributed by atoms with Crippen molar-refractivity contribution in [3.05, 3.63) is 21.4 Å². The van der Waals surface area contributed by atoms with E-state index in [4.69, 9.17) is 5.73 Å². The van der Waals surface area contributed by atoms with Crippen molar-refractivity contribution in [2.24, 2.45) is 5.73 Å². The summed E-state index contributed by atoms with van der Waals surface area (Å²) in [4.78, 5) is 15.5. The van der Waals surface area contributed by atoms with Crippen LogP contribution in [-0.2, 0) is 17.8 Å². The molecular formula is C10H14N2O2S. The van der Waals surface area contributed by atoms with Gasteiger partial charge in [-0.1, -0.05) is 0 Å². The van der Waals surface area contributed by atoms with E-state index in [1.807, 2.05) is 6.07 Å². The van der Waals surface area contributed by atoms with E-state index in [-0.39, 0.29) is 5.97 Å². The summed E-state index contributed by atoms with van der Waals surface area (Å²) in [6.45, 7) is 3.40. The number of carbonyl (C=O) groups is 1. The molecule has 2 heterocycles. The van der Waals surface area contributed by atoms with Crippen LogP contribution in [0.15, 0.2) is 6.07 Å². The summed E-state index contributed by atoms with van der Waals surface area (Å²) in [6.07, 6.45) is 0. The molecule has 0 bridgehead atoms. The zero-order valence-electron chi connectivity index (χ0n) is 8.66. The number of carbonyl (C=O) groups excluding carboxylic acids is 1. The number of fused-ring (bicyclic) bond motifs is 1. The van der Waals surface area contributed by atoms with Gasteiger partial charge in [0.25, 0.3) is 0 Å². The summed E-state index contributed by atoms with van der Waals surface area (Å²) in [5, 5.41) is 0. The van der Waals surface area contributed by atoms with Crippen molar-refractivity contribution in [3.63, 3.8) is 0 Å². The first-order valence-corrected chi connectivity index (χ1v) is 5.68. The van der Waals surface area contributed by atoms with Crippen LogP contribution in [0.4, 0.5) is 0 Å². The van der Waals surface area contributed by atoms with Crippen molar-refractivity contribution in [2.45, 2.75) is 13.1 Å². The highest BCUT2D eigenvalue weighted by atomic mass is 32.1. The van der Waals surface area contributed by atoms with Gasteiger partial charge in [0.1, 0.15) is 4.88 Å². The van der Waals surface area contributed by atoms with Crippen LogP contribution in [0.5, 0.6) is 0 Å². The second kappa shape index (κ2) is 4.30. The van der Waals surface area contributed by atoms with Crippen molar-refractivity contribution in [1.29, 1.82) is 0 Å². The lowest BCUT2D eigenvalue weighted by Crippen LogP contribution is -2.24. The summed E-state index contributed by atoms with van der Waals surface area (Å²) in [5.41, 5.74) is 6.74. The van der Waals surface area contributed by atoms with E-state index in [0.29, 0.717) is 11.4 Å². The van der Waals surface area contributed by atoms with Crippen LogP contribution in [0.3, 0.4) is 0 Å². The predicted molar refractivity (Wildman–Crippen MR) is 58.8 cm³/mol. The van der Waals surface area contributed by atoms with Crippen LogP contribution in [-0.4, -0.2) is 31.1 Å². The van der Waals surface area contributed by atoms with E-state index >= 15 is 0 Å². The molecule has 1 aromatic rings. The van der Waals surface area contributed by atoms with Crippen LogP contribution >= 0.6 is 11.3 Å². The van der Waals surface area contributed by atoms with E-state index in [2.05, 4.69) is 9.64 Å². The SMILES string of the molecule is COC(=O)c1cc2c(s1)CN(CCN)C2. The predicted octanol–water partition coefficient (Wildman–Crippen LogP) is 0.809. The molecule has 0 saturated heterocycles. The van der Waals surface area contributed by atoms with Crippen LogP contribution < -0.4 is 5.73 Å². The van der Waals surface area contributed by atoms with Gasteiger partial charge in [-0.3, -0.25) is 4.90 Å². The van der Waals surface area contributed by atoms with Gasteiger partial charge >= 0.3 is 5.97 Å². The van der Waals surface area contributed by atoms with E-state index in [0.717, 1.165) is 19.6 Å². The second-order valence-corrected chi connectivity index (χ2v) is 4.69. The summed E-state index contributed by atoms with van der Waals surface area (Å²) in [5.74, 6) is -0.236. The number of hydrogen-bond acceptors (Lipinski definition) is 5. The first-order valence-electron chi connectivity index (χ1n) is 4.87. The number of nitrogens with zero attached hydrogens (tertiary/aromatic N) is 1. The van der Waals surface area contributed by atoms with Crippen LogP contribution in [0.25, 0.3) is 0 Å².